The van der Waals surface area contributed by atoms with Crippen molar-refractivity contribution in [1.82, 2.24) is 15.5 Å². The molecule has 0 spiro atoms. The van der Waals surface area contributed by atoms with E-state index in [-0.39, 0.29) is 42.3 Å². The van der Waals surface area contributed by atoms with Crippen LogP contribution in [0.2, 0.25) is 0 Å². The molecule has 0 aliphatic rings. The van der Waals surface area contributed by atoms with Crippen LogP contribution in [0.4, 0.5) is 8.78 Å². The highest BCUT2D eigenvalue weighted by molar-refractivity contribution is 7.09. The molecule has 0 aliphatic heterocycles. The summed E-state index contributed by atoms with van der Waals surface area (Å²) in [6.45, 7) is 7.15. The molecule has 232 valence electrons. The fraction of sp³-hybridized carbons (Fsp3) is 0.424. The zero-order valence-corrected chi connectivity index (χ0v) is 25.8. The number of thiophene rings is 1. The molecule has 0 bridgehead atoms. The quantitative estimate of drug-likeness (QED) is 0.201. The number of aliphatic hydroxyl groups is 1. The second-order valence-corrected chi connectivity index (χ2v) is 11.8. The molecule has 7 nitrogen and oxygen atoms in total. The van der Waals surface area contributed by atoms with Gasteiger partial charge in [-0.05, 0) is 91.9 Å². The molecule has 1 heterocycles. The largest absolute Gasteiger partial charge is 0.391 e. The van der Waals surface area contributed by atoms with Crippen molar-refractivity contribution in [3.63, 3.8) is 0 Å². The Bertz CT molecular complexity index is 1340. The topological polar surface area (TPSA) is 98.7 Å². The number of carbonyl (C=O) groups is 3. The Balaban J connectivity index is 1.73. The van der Waals surface area contributed by atoms with E-state index in [4.69, 9.17) is 0 Å². The molecule has 3 amide bonds. The van der Waals surface area contributed by atoms with Gasteiger partial charge < -0.3 is 20.6 Å². The Labute approximate surface area is 256 Å². The van der Waals surface area contributed by atoms with Crippen LogP contribution < -0.4 is 10.6 Å². The third-order valence-electron chi connectivity index (χ3n) is 6.96. The molecule has 3 N–H and O–H groups in total. The van der Waals surface area contributed by atoms with Crippen molar-refractivity contribution >= 4 is 29.1 Å². The number of carbonyl (C=O) groups excluding carboxylic acids is 3. The molecule has 43 heavy (non-hydrogen) atoms. The molecule has 0 fully saturated rings. The maximum Gasteiger partial charge on any atom is 0.253 e. The number of nitrogens with one attached hydrogen (secondary N) is 2. The van der Waals surface area contributed by atoms with Crippen LogP contribution in [0.5, 0.6) is 0 Å². The fourth-order valence-corrected chi connectivity index (χ4v) is 5.64. The zero-order valence-electron chi connectivity index (χ0n) is 25.0. The number of aliphatic hydroxyl groups excluding tert-OH is 1. The first kappa shape index (κ1) is 33.9. The van der Waals surface area contributed by atoms with Gasteiger partial charge in [-0.25, -0.2) is 8.78 Å². The SMILES string of the molecule is CCCN(CCC)C(=O)c1cc(C)cc(C(=O)N[C@@H](Cc2cc(F)cc(F)c2)[C@@H](O)CCNC(=O)CCc2cccs2)c1. The third-order valence-corrected chi connectivity index (χ3v) is 7.90. The van der Waals surface area contributed by atoms with Crippen LogP contribution in [-0.2, 0) is 17.6 Å². The maximum absolute atomic E-state index is 13.9. The summed E-state index contributed by atoms with van der Waals surface area (Å²) in [5.74, 6) is -2.39. The first-order valence-corrected chi connectivity index (χ1v) is 15.6. The first-order chi connectivity index (χ1) is 20.6. The van der Waals surface area contributed by atoms with Crippen LogP contribution >= 0.6 is 11.3 Å². The summed E-state index contributed by atoms with van der Waals surface area (Å²) in [6, 6.07) is 10.9. The summed E-state index contributed by atoms with van der Waals surface area (Å²) in [5, 5.41) is 18.6. The van der Waals surface area contributed by atoms with E-state index in [0.717, 1.165) is 41.5 Å². The molecule has 1 aromatic heterocycles. The van der Waals surface area contributed by atoms with Crippen molar-refractivity contribution in [2.24, 2.45) is 0 Å². The first-order valence-electron chi connectivity index (χ1n) is 14.7. The van der Waals surface area contributed by atoms with Crippen molar-refractivity contribution in [3.05, 3.63) is 92.7 Å². The average Bonchev–Trinajstić information content (AvgIpc) is 3.48. The van der Waals surface area contributed by atoms with Crippen LogP contribution in [0.3, 0.4) is 0 Å². The minimum Gasteiger partial charge on any atom is -0.391 e. The third kappa shape index (κ3) is 10.9. The Hall–Kier alpha value is -3.63. The van der Waals surface area contributed by atoms with Gasteiger partial charge in [-0.15, -0.1) is 11.3 Å². The molecule has 0 saturated carbocycles. The number of nitrogens with zero attached hydrogens (tertiary/aromatic N) is 1. The van der Waals surface area contributed by atoms with Gasteiger partial charge in [-0.3, -0.25) is 14.4 Å². The minimum atomic E-state index is -1.14. The predicted octanol–water partition coefficient (Wildman–Crippen LogP) is 5.44. The Morgan fingerprint density at radius 2 is 1.65 bits per heavy atom. The van der Waals surface area contributed by atoms with Crippen LogP contribution in [-0.4, -0.2) is 59.5 Å². The Kier molecular flexibility index (Phi) is 13.3. The van der Waals surface area contributed by atoms with Gasteiger partial charge >= 0.3 is 0 Å². The Morgan fingerprint density at radius 1 is 0.977 bits per heavy atom. The van der Waals surface area contributed by atoms with Gasteiger partial charge in [-0.2, -0.15) is 0 Å². The van der Waals surface area contributed by atoms with E-state index in [1.165, 1.54) is 6.07 Å². The molecular weight excluding hydrogens is 572 g/mol. The molecule has 2 atom stereocenters. The van der Waals surface area contributed by atoms with Gasteiger partial charge in [0, 0.05) is 48.1 Å². The maximum atomic E-state index is 13.9. The van der Waals surface area contributed by atoms with Crippen molar-refractivity contribution in [3.8, 4) is 0 Å². The number of hydrogen-bond donors (Lipinski definition) is 3. The van der Waals surface area contributed by atoms with Gasteiger partial charge in [0.05, 0.1) is 12.1 Å². The van der Waals surface area contributed by atoms with Crippen LogP contribution in [0.15, 0.2) is 53.9 Å². The number of amides is 3. The lowest BCUT2D eigenvalue weighted by Crippen LogP contribution is -2.46. The van der Waals surface area contributed by atoms with Gasteiger partial charge in [0.15, 0.2) is 0 Å². The lowest BCUT2D eigenvalue weighted by atomic mass is 9.97. The molecule has 0 unspecified atom stereocenters. The summed E-state index contributed by atoms with van der Waals surface area (Å²) in [4.78, 5) is 41.8. The molecule has 0 saturated heterocycles. The highest BCUT2D eigenvalue weighted by atomic mass is 32.1. The van der Waals surface area contributed by atoms with Gasteiger partial charge in [0.2, 0.25) is 5.91 Å². The summed E-state index contributed by atoms with van der Waals surface area (Å²) in [7, 11) is 0. The highest BCUT2D eigenvalue weighted by Gasteiger charge is 2.24. The number of aryl methyl sites for hydroxylation is 2. The normalized spacial score (nSPS) is 12.4. The lowest BCUT2D eigenvalue weighted by molar-refractivity contribution is -0.121. The molecule has 0 aliphatic carbocycles. The predicted molar refractivity (Wildman–Crippen MR) is 165 cm³/mol. The second-order valence-electron chi connectivity index (χ2n) is 10.7. The summed E-state index contributed by atoms with van der Waals surface area (Å²) < 4.78 is 27.9. The lowest BCUT2D eigenvalue weighted by Gasteiger charge is -2.25. The molecule has 2 aromatic carbocycles. The number of rotatable bonds is 16. The number of halogens is 2. The van der Waals surface area contributed by atoms with Crippen molar-refractivity contribution in [1.29, 1.82) is 0 Å². The molecule has 10 heteroatoms. The second kappa shape index (κ2) is 16.9. The van der Waals surface area contributed by atoms with Crippen LogP contribution in [0.25, 0.3) is 0 Å². The van der Waals surface area contributed by atoms with Crippen molar-refractivity contribution in [2.75, 3.05) is 19.6 Å². The average molecular weight is 614 g/mol. The van der Waals surface area contributed by atoms with E-state index in [0.29, 0.717) is 31.5 Å². The summed E-state index contributed by atoms with van der Waals surface area (Å²) in [6.07, 6.45) is 1.46. The van der Waals surface area contributed by atoms with E-state index < -0.39 is 29.7 Å². The van der Waals surface area contributed by atoms with Crippen LogP contribution in [0, 0.1) is 18.6 Å². The van der Waals surface area contributed by atoms with E-state index in [2.05, 4.69) is 10.6 Å². The fourth-order valence-electron chi connectivity index (χ4n) is 4.93. The monoisotopic (exact) mass is 613 g/mol. The number of benzene rings is 2. The summed E-state index contributed by atoms with van der Waals surface area (Å²) >= 11 is 1.58. The zero-order chi connectivity index (χ0) is 31.4. The van der Waals surface area contributed by atoms with E-state index in [1.807, 2.05) is 31.4 Å². The van der Waals surface area contributed by atoms with Gasteiger partial charge in [-0.1, -0.05) is 19.9 Å². The van der Waals surface area contributed by atoms with E-state index >= 15 is 0 Å². The summed E-state index contributed by atoms with van der Waals surface area (Å²) in [5.41, 5.74) is 1.61. The number of hydrogen-bond acceptors (Lipinski definition) is 5. The van der Waals surface area contributed by atoms with Gasteiger partial charge in [0.25, 0.3) is 11.8 Å². The van der Waals surface area contributed by atoms with Crippen molar-refractivity contribution < 1.29 is 28.3 Å². The Morgan fingerprint density at radius 3 is 2.28 bits per heavy atom. The highest BCUT2D eigenvalue weighted by Crippen LogP contribution is 2.17. The molecule has 3 aromatic rings. The standard InChI is InChI=1S/C33H41F2N3O4S/c1-4-12-38(13-5-2)33(42)25-16-22(3)15-24(20-25)32(41)37-29(19-23-17-26(34)21-27(35)18-23)30(39)10-11-36-31(40)9-8-28-7-6-14-43-28/h6-7,14-18,20-21,29-30,39H,4-5,8-13,19H2,1-3H3,(H,36,40)(H,37,41)/t29-,30-/m0/s1. The van der Waals surface area contributed by atoms with Crippen LogP contribution in [0.1, 0.15) is 76.3 Å². The smallest absolute Gasteiger partial charge is 0.253 e. The molecule has 3 rings (SSSR count). The van der Waals surface area contributed by atoms with E-state index in [1.54, 1.807) is 35.3 Å². The minimum absolute atomic E-state index is 0.0493. The van der Waals surface area contributed by atoms with Crippen molar-refractivity contribution in [2.45, 2.75) is 71.4 Å². The molecular formula is C33H41F2N3O4S. The molecule has 0 radical (unpaired) electrons. The van der Waals surface area contributed by atoms with E-state index in [9.17, 15) is 28.3 Å². The van der Waals surface area contributed by atoms with Gasteiger partial charge in [0.1, 0.15) is 11.6 Å².